The van der Waals surface area contributed by atoms with E-state index in [9.17, 15) is 4.79 Å². The zero-order chi connectivity index (χ0) is 18.0. The Hall–Kier alpha value is -2.20. The maximum Gasteiger partial charge on any atom is 0.233 e. The minimum atomic E-state index is -0.163. The van der Waals surface area contributed by atoms with Gasteiger partial charge in [-0.25, -0.2) is 0 Å². The molecule has 1 amide bonds. The molecular formula is C22H27N3O. The third-order valence-electron chi connectivity index (χ3n) is 6.11. The monoisotopic (exact) mass is 349 g/mol. The lowest BCUT2D eigenvalue weighted by Crippen LogP contribution is -2.53. The molecule has 0 aliphatic carbocycles. The second-order valence-electron chi connectivity index (χ2n) is 7.72. The fourth-order valence-electron chi connectivity index (χ4n) is 4.42. The highest BCUT2D eigenvalue weighted by Crippen LogP contribution is 2.42. The summed E-state index contributed by atoms with van der Waals surface area (Å²) in [6.45, 7) is 5.81. The van der Waals surface area contributed by atoms with Crippen molar-refractivity contribution in [2.24, 2.45) is 5.41 Å². The van der Waals surface area contributed by atoms with E-state index in [4.69, 9.17) is 0 Å². The molecule has 0 radical (unpaired) electrons. The summed E-state index contributed by atoms with van der Waals surface area (Å²) >= 11 is 0. The largest absolute Gasteiger partial charge is 0.312 e. The molecule has 2 aromatic rings. The Labute approximate surface area is 155 Å². The van der Waals surface area contributed by atoms with Crippen LogP contribution in [0.2, 0.25) is 0 Å². The number of anilines is 1. The number of hydrogen-bond donors (Lipinski definition) is 0. The molecule has 26 heavy (non-hydrogen) atoms. The number of aryl methyl sites for hydroxylation is 1. The van der Waals surface area contributed by atoms with Crippen LogP contribution in [0.25, 0.3) is 0 Å². The fourth-order valence-corrected chi connectivity index (χ4v) is 4.42. The van der Waals surface area contributed by atoms with Gasteiger partial charge in [0.2, 0.25) is 5.91 Å². The summed E-state index contributed by atoms with van der Waals surface area (Å²) in [5, 5.41) is 0. The smallest absolute Gasteiger partial charge is 0.233 e. The van der Waals surface area contributed by atoms with Crippen molar-refractivity contribution < 1.29 is 4.79 Å². The standard InChI is InChI=1S/C22H27N3O/c1-18-7-5-13-23-20(18)17-24-15-11-22(12-16-24)10-6-14-25(21(22)26)19-8-3-2-4-9-19/h2-5,7-9,13H,6,10-12,14-17H2,1H3. The van der Waals surface area contributed by atoms with Crippen molar-refractivity contribution in [3.63, 3.8) is 0 Å². The molecule has 2 fully saturated rings. The first-order chi connectivity index (χ1) is 12.7. The first-order valence-corrected chi connectivity index (χ1v) is 9.68. The Morgan fingerprint density at radius 1 is 1.00 bits per heavy atom. The highest BCUT2D eigenvalue weighted by molar-refractivity contribution is 5.98. The number of rotatable bonds is 3. The number of hydrogen-bond acceptors (Lipinski definition) is 3. The van der Waals surface area contributed by atoms with Crippen molar-refractivity contribution >= 4 is 11.6 Å². The molecule has 4 rings (SSSR count). The van der Waals surface area contributed by atoms with E-state index >= 15 is 0 Å². The van der Waals surface area contributed by atoms with Gasteiger partial charge in [0.05, 0.1) is 11.1 Å². The molecule has 0 unspecified atom stereocenters. The molecule has 1 spiro atoms. The van der Waals surface area contributed by atoms with Gasteiger partial charge in [0.1, 0.15) is 0 Å². The zero-order valence-electron chi connectivity index (χ0n) is 15.5. The number of aromatic nitrogens is 1. The Kier molecular flexibility index (Phi) is 4.77. The Morgan fingerprint density at radius 2 is 1.77 bits per heavy atom. The molecule has 1 aromatic carbocycles. The number of carbonyl (C=O) groups excluding carboxylic acids is 1. The molecule has 1 aromatic heterocycles. The van der Waals surface area contributed by atoms with Crippen LogP contribution in [0.1, 0.15) is 36.9 Å². The Bertz CT molecular complexity index is 766. The van der Waals surface area contributed by atoms with Crippen molar-refractivity contribution in [1.29, 1.82) is 0 Å². The second kappa shape index (κ2) is 7.20. The maximum atomic E-state index is 13.3. The van der Waals surface area contributed by atoms with Crippen LogP contribution in [-0.4, -0.2) is 35.4 Å². The van der Waals surface area contributed by atoms with E-state index in [2.05, 4.69) is 35.0 Å². The lowest BCUT2D eigenvalue weighted by Gasteiger charge is -2.46. The molecule has 4 heteroatoms. The fraction of sp³-hybridized carbons (Fsp3) is 0.455. The highest BCUT2D eigenvalue weighted by Gasteiger charge is 2.45. The van der Waals surface area contributed by atoms with Crippen molar-refractivity contribution in [3.8, 4) is 0 Å². The van der Waals surface area contributed by atoms with E-state index in [-0.39, 0.29) is 5.41 Å². The summed E-state index contributed by atoms with van der Waals surface area (Å²) in [7, 11) is 0. The topological polar surface area (TPSA) is 36.4 Å². The lowest BCUT2D eigenvalue weighted by molar-refractivity contribution is -0.133. The van der Waals surface area contributed by atoms with E-state index in [1.807, 2.05) is 35.4 Å². The minimum absolute atomic E-state index is 0.163. The summed E-state index contributed by atoms with van der Waals surface area (Å²) in [5.41, 5.74) is 3.29. The van der Waals surface area contributed by atoms with Crippen LogP contribution in [0.3, 0.4) is 0 Å². The normalized spacial score (nSPS) is 20.5. The second-order valence-corrected chi connectivity index (χ2v) is 7.72. The van der Waals surface area contributed by atoms with Gasteiger partial charge in [-0.15, -0.1) is 0 Å². The Balaban J connectivity index is 1.44. The van der Waals surface area contributed by atoms with Crippen molar-refractivity contribution in [2.75, 3.05) is 24.5 Å². The average Bonchev–Trinajstić information content (AvgIpc) is 2.68. The summed E-state index contributed by atoms with van der Waals surface area (Å²) in [4.78, 5) is 22.3. The van der Waals surface area contributed by atoms with E-state index in [0.29, 0.717) is 5.91 Å². The van der Waals surface area contributed by atoms with Crippen LogP contribution in [0, 0.1) is 12.3 Å². The van der Waals surface area contributed by atoms with Crippen LogP contribution >= 0.6 is 0 Å². The van der Waals surface area contributed by atoms with Gasteiger partial charge in [0, 0.05) is 25.0 Å². The van der Waals surface area contributed by atoms with E-state index < -0.39 is 0 Å². The molecule has 0 atom stereocenters. The number of likely N-dealkylation sites (tertiary alicyclic amines) is 1. The number of carbonyl (C=O) groups is 1. The van der Waals surface area contributed by atoms with Crippen LogP contribution in [0.15, 0.2) is 48.7 Å². The maximum absolute atomic E-state index is 13.3. The quantitative estimate of drug-likeness (QED) is 0.846. The molecule has 2 aliphatic rings. The third kappa shape index (κ3) is 3.26. The molecule has 136 valence electrons. The van der Waals surface area contributed by atoms with E-state index in [0.717, 1.165) is 63.2 Å². The Morgan fingerprint density at radius 3 is 2.50 bits per heavy atom. The van der Waals surface area contributed by atoms with E-state index in [1.54, 1.807) is 0 Å². The number of para-hydroxylation sites is 1. The van der Waals surface area contributed by atoms with Gasteiger partial charge < -0.3 is 4.90 Å². The molecule has 3 heterocycles. The summed E-state index contributed by atoms with van der Waals surface area (Å²) in [6.07, 6.45) is 5.92. The number of benzene rings is 1. The molecule has 0 saturated carbocycles. The predicted octanol–water partition coefficient (Wildman–Crippen LogP) is 3.80. The zero-order valence-corrected chi connectivity index (χ0v) is 15.5. The van der Waals surface area contributed by atoms with Crippen molar-refractivity contribution in [3.05, 3.63) is 59.9 Å². The van der Waals surface area contributed by atoms with Crippen molar-refractivity contribution in [1.82, 2.24) is 9.88 Å². The molecule has 0 bridgehead atoms. The number of nitrogens with zero attached hydrogens (tertiary/aromatic N) is 3. The molecule has 4 nitrogen and oxygen atoms in total. The number of amides is 1. The number of pyridine rings is 1. The minimum Gasteiger partial charge on any atom is -0.312 e. The lowest BCUT2D eigenvalue weighted by atomic mass is 9.71. The van der Waals surface area contributed by atoms with Gasteiger partial charge in [-0.2, -0.15) is 0 Å². The summed E-state index contributed by atoms with van der Waals surface area (Å²) in [5.74, 6) is 0.337. The van der Waals surface area contributed by atoms with Crippen LogP contribution in [-0.2, 0) is 11.3 Å². The van der Waals surface area contributed by atoms with Crippen molar-refractivity contribution in [2.45, 2.75) is 39.2 Å². The van der Waals surface area contributed by atoms with E-state index in [1.165, 1.54) is 5.56 Å². The summed E-state index contributed by atoms with van der Waals surface area (Å²) < 4.78 is 0. The molecule has 2 aliphatic heterocycles. The SMILES string of the molecule is Cc1cccnc1CN1CCC2(CCCN(c3ccccc3)C2=O)CC1. The van der Waals surface area contributed by atoms with Gasteiger partial charge in [0.25, 0.3) is 0 Å². The third-order valence-corrected chi connectivity index (χ3v) is 6.11. The molecule has 0 N–H and O–H groups in total. The van der Waals surface area contributed by atoms with Gasteiger partial charge >= 0.3 is 0 Å². The van der Waals surface area contributed by atoms with Gasteiger partial charge in [-0.1, -0.05) is 24.3 Å². The highest BCUT2D eigenvalue weighted by atomic mass is 16.2. The first-order valence-electron chi connectivity index (χ1n) is 9.68. The summed E-state index contributed by atoms with van der Waals surface area (Å²) in [6, 6.07) is 14.3. The first kappa shape index (κ1) is 17.2. The molecule has 2 saturated heterocycles. The van der Waals surface area contributed by atoms with Gasteiger partial charge in [0.15, 0.2) is 0 Å². The average molecular weight is 349 g/mol. The molecular weight excluding hydrogens is 322 g/mol. The predicted molar refractivity (Wildman–Crippen MR) is 104 cm³/mol. The van der Waals surface area contributed by atoms with Crippen LogP contribution < -0.4 is 4.90 Å². The van der Waals surface area contributed by atoms with Gasteiger partial charge in [-0.3, -0.25) is 14.7 Å². The van der Waals surface area contributed by atoms with Gasteiger partial charge in [-0.05, 0) is 69.5 Å². The van der Waals surface area contributed by atoms with Crippen LogP contribution in [0.4, 0.5) is 5.69 Å². The number of piperidine rings is 2. The van der Waals surface area contributed by atoms with Crippen LogP contribution in [0.5, 0.6) is 0 Å².